The molecule has 0 spiro atoms. The second-order valence-corrected chi connectivity index (χ2v) is 5.37. The first-order valence-electron chi connectivity index (χ1n) is 7.41. The molecule has 0 aromatic heterocycles. The monoisotopic (exact) mass is 255 g/mol. The zero-order valence-corrected chi connectivity index (χ0v) is 11.8. The van der Waals surface area contributed by atoms with Crippen molar-refractivity contribution in [2.45, 2.75) is 57.4 Å². The molecule has 0 bridgehead atoms. The molecule has 1 saturated carbocycles. The molecular weight excluding hydrogens is 226 g/mol. The van der Waals surface area contributed by atoms with Crippen LogP contribution >= 0.6 is 0 Å². The fraction of sp³-hybridized carbons (Fsp3) is 0.929. The second-order valence-electron chi connectivity index (χ2n) is 5.37. The van der Waals surface area contributed by atoms with Crippen LogP contribution in [0.4, 0.5) is 0 Å². The Balaban J connectivity index is 1.97. The number of carbonyl (C=O) groups excluding carboxylic acids is 1. The van der Waals surface area contributed by atoms with Crippen LogP contribution in [0.2, 0.25) is 0 Å². The van der Waals surface area contributed by atoms with Crippen molar-refractivity contribution >= 4 is 5.91 Å². The van der Waals surface area contributed by atoms with E-state index in [9.17, 15) is 4.79 Å². The summed E-state index contributed by atoms with van der Waals surface area (Å²) in [5.74, 6) is 0.187. The molecule has 1 aliphatic rings. The Morgan fingerprint density at radius 3 is 2.67 bits per heavy atom. The van der Waals surface area contributed by atoms with Crippen molar-refractivity contribution < 1.29 is 4.79 Å². The number of hydrogen-bond donors (Lipinski definition) is 2. The van der Waals surface area contributed by atoms with E-state index in [4.69, 9.17) is 5.73 Å². The van der Waals surface area contributed by atoms with E-state index in [-0.39, 0.29) is 5.91 Å². The third-order valence-corrected chi connectivity index (χ3v) is 3.84. The SMILES string of the molecule is CN(CCNC(=O)CCCCCN)C1CCCC1. The van der Waals surface area contributed by atoms with Crippen LogP contribution in [-0.4, -0.2) is 43.5 Å². The third-order valence-electron chi connectivity index (χ3n) is 3.84. The van der Waals surface area contributed by atoms with Gasteiger partial charge in [-0.15, -0.1) is 0 Å². The van der Waals surface area contributed by atoms with Crippen LogP contribution in [-0.2, 0) is 4.79 Å². The first kappa shape index (κ1) is 15.4. The highest BCUT2D eigenvalue weighted by Crippen LogP contribution is 2.21. The summed E-state index contributed by atoms with van der Waals surface area (Å²) in [4.78, 5) is 13.9. The van der Waals surface area contributed by atoms with Gasteiger partial charge in [0.1, 0.15) is 0 Å². The molecule has 106 valence electrons. The molecule has 18 heavy (non-hydrogen) atoms. The summed E-state index contributed by atoms with van der Waals surface area (Å²) >= 11 is 0. The lowest BCUT2D eigenvalue weighted by Gasteiger charge is -2.23. The van der Waals surface area contributed by atoms with Gasteiger partial charge in [0.2, 0.25) is 5.91 Å². The number of amides is 1. The molecule has 1 rings (SSSR count). The molecule has 0 unspecified atom stereocenters. The Morgan fingerprint density at radius 1 is 1.28 bits per heavy atom. The first-order valence-corrected chi connectivity index (χ1v) is 7.41. The van der Waals surface area contributed by atoms with Crippen molar-refractivity contribution in [3.8, 4) is 0 Å². The molecule has 0 saturated heterocycles. The summed E-state index contributed by atoms with van der Waals surface area (Å²) in [7, 11) is 2.17. The van der Waals surface area contributed by atoms with Gasteiger partial charge < -0.3 is 16.0 Å². The van der Waals surface area contributed by atoms with Crippen LogP contribution in [0.3, 0.4) is 0 Å². The van der Waals surface area contributed by atoms with Crippen molar-refractivity contribution in [1.82, 2.24) is 10.2 Å². The normalized spacial score (nSPS) is 16.4. The van der Waals surface area contributed by atoms with Gasteiger partial charge in [-0.3, -0.25) is 4.79 Å². The Hall–Kier alpha value is -0.610. The number of carbonyl (C=O) groups is 1. The van der Waals surface area contributed by atoms with Gasteiger partial charge in [-0.1, -0.05) is 19.3 Å². The number of nitrogens with zero attached hydrogens (tertiary/aromatic N) is 1. The maximum absolute atomic E-state index is 11.5. The number of rotatable bonds is 9. The number of nitrogens with two attached hydrogens (primary N) is 1. The van der Waals surface area contributed by atoms with E-state index < -0.39 is 0 Å². The van der Waals surface area contributed by atoms with Crippen LogP contribution in [0.1, 0.15) is 51.4 Å². The van der Waals surface area contributed by atoms with Gasteiger partial charge in [-0.25, -0.2) is 0 Å². The van der Waals surface area contributed by atoms with Crippen molar-refractivity contribution in [2.24, 2.45) is 5.73 Å². The minimum atomic E-state index is 0.187. The fourth-order valence-electron chi connectivity index (χ4n) is 2.59. The maximum atomic E-state index is 11.5. The second kappa shape index (κ2) is 9.34. The Morgan fingerprint density at radius 2 is 2.00 bits per heavy atom. The molecular formula is C14H29N3O. The number of nitrogens with one attached hydrogen (secondary N) is 1. The molecule has 0 heterocycles. The number of likely N-dealkylation sites (N-methyl/N-ethyl adjacent to an activating group) is 1. The summed E-state index contributed by atoms with van der Waals surface area (Å²) in [6, 6.07) is 0.742. The van der Waals surface area contributed by atoms with E-state index in [0.717, 1.165) is 44.9 Å². The zero-order chi connectivity index (χ0) is 13.2. The van der Waals surface area contributed by atoms with E-state index in [2.05, 4.69) is 17.3 Å². The fourth-order valence-corrected chi connectivity index (χ4v) is 2.59. The van der Waals surface area contributed by atoms with E-state index in [1.165, 1.54) is 25.7 Å². The van der Waals surface area contributed by atoms with Gasteiger partial charge in [0, 0.05) is 25.6 Å². The van der Waals surface area contributed by atoms with Gasteiger partial charge in [-0.2, -0.15) is 0 Å². The molecule has 0 atom stereocenters. The topological polar surface area (TPSA) is 58.4 Å². The molecule has 0 radical (unpaired) electrons. The quantitative estimate of drug-likeness (QED) is 0.614. The highest BCUT2D eigenvalue weighted by molar-refractivity contribution is 5.75. The minimum absolute atomic E-state index is 0.187. The van der Waals surface area contributed by atoms with Gasteiger partial charge in [0.25, 0.3) is 0 Å². The van der Waals surface area contributed by atoms with E-state index >= 15 is 0 Å². The molecule has 4 nitrogen and oxygen atoms in total. The number of hydrogen-bond acceptors (Lipinski definition) is 3. The van der Waals surface area contributed by atoms with E-state index in [1.54, 1.807) is 0 Å². The van der Waals surface area contributed by atoms with Crippen LogP contribution < -0.4 is 11.1 Å². The number of unbranched alkanes of at least 4 members (excludes halogenated alkanes) is 2. The molecule has 0 aromatic rings. The Kier molecular flexibility index (Phi) is 8.01. The van der Waals surface area contributed by atoms with Crippen LogP contribution in [0.25, 0.3) is 0 Å². The first-order chi connectivity index (χ1) is 8.74. The Bertz CT molecular complexity index is 227. The molecule has 1 fully saturated rings. The van der Waals surface area contributed by atoms with Crippen molar-refractivity contribution in [3.63, 3.8) is 0 Å². The lowest BCUT2D eigenvalue weighted by Crippen LogP contribution is -2.37. The van der Waals surface area contributed by atoms with Crippen molar-refractivity contribution in [3.05, 3.63) is 0 Å². The predicted molar refractivity (Wildman–Crippen MR) is 75.4 cm³/mol. The zero-order valence-electron chi connectivity index (χ0n) is 11.8. The summed E-state index contributed by atoms with van der Waals surface area (Å²) in [6.45, 7) is 2.48. The summed E-state index contributed by atoms with van der Waals surface area (Å²) in [5.41, 5.74) is 5.41. The van der Waals surface area contributed by atoms with Crippen LogP contribution in [0.15, 0.2) is 0 Å². The molecule has 1 aliphatic carbocycles. The molecule has 4 heteroatoms. The van der Waals surface area contributed by atoms with Gasteiger partial charge >= 0.3 is 0 Å². The summed E-state index contributed by atoms with van der Waals surface area (Å²) < 4.78 is 0. The minimum Gasteiger partial charge on any atom is -0.355 e. The highest BCUT2D eigenvalue weighted by atomic mass is 16.1. The van der Waals surface area contributed by atoms with Gasteiger partial charge in [0.05, 0.1) is 0 Å². The highest BCUT2D eigenvalue weighted by Gasteiger charge is 2.18. The average molecular weight is 255 g/mol. The largest absolute Gasteiger partial charge is 0.355 e. The lowest BCUT2D eigenvalue weighted by molar-refractivity contribution is -0.121. The van der Waals surface area contributed by atoms with E-state index in [1.807, 2.05) is 0 Å². The molecule has 3 N–H and O–H groups in total. The predicted octanol–water partition coefficient (Wildman–Crippen LogP) is 1.50. The summed E-state index contributed by atoms with van der Waals surface area (Å²) in [6.07, 6.45) is 9.07. The molecule has 0 aromatic carbocycles. The molecule has 0 aliphatic heterocycles. The van der Waals surface area contributed by atoms with Crippen molar-refractivity contribution in [2.75, 3.05) is 26.7 Å². The summed E-state index contributed by atoms with van der Waals surface area (Å²) in [5, 5.41) is 3.00. The van der Waals surface area contributed by atoms with Gasteiger partial charge in [0.15, 0.2) is 0 Å². The van der Waals surface area contributed by atoms with Crippen LogP contribution in [0.5, 0.6) is 0 Å². The standard InChI is InChI=1S/C14H29N3O/c1-17(13-7-4-5-8-13)12-11-16-14(18)9-3-2-6-10-15/h13H,2-12,15H2,1H3,(H,16,18). The third kappa shape index (κ3) is 6.36. The average Bonchev–Trinajstić information content (AvgIpc) is 2.88. The van der Waals surface area contributed by atoms with E-state index in [0.29, 0.717) is 6.42 Å². The lowest BCUT2D eigenvalue weighted by atomic mass is 10.2. The van der Waals surface area contributed by atoms with Gasteiger partial charge in [-0.05, 0) is 39.3 Å². The van der Waals surface area contributed by atoms with Crippen LogP contribution in [0, 0.1) is 0 Å². The smallest absolute Gasteiger partial charge is 0.220 e. The maximum Gasteiger partial charge on any atom is 0.220 e. The Labute approximate surface area is 111 Å². The molecule has 1 amide bonds. The van der Waals surface area contributed by atoms with Crippen molar-refractivity contribution in [1.29, 1.82) is 0 Å².